The van der Waals surface area contributed by atoms with E-state index in [-0.39, 0.29) is 0 Å². The summed E-state index contributed by atoms with van der Waals surface area (Å²) < 4.78 is 6.72. The van der Waals surface area contributed by atoms with Crippen molar-refractivity contribution in [3.05, 3.63) is 18.1 Å². The highest BCUT2D eigenvalue weighted by molar-refractivity contribution is 5.45. The number of rotatable bonds is 4. The van der Waals surface area contributed by atoms with Gasteiger partial charge in [-0.2, -0.15) is 10.1 Å². The second kappa shape index (κ2) is 4.44. The number of aryl methyl sites for hydroxylation is 1. The van der Waals surface area contributed by atoms with E-state index >= 15 is 0 Å². The van der Waals surface area contributed by atoms with Crippen molar-refractivity contribution in [1.82, 2.24) is 19.9 Å². The van der Waals surface area contributed by atoms with Crippen molar-refractivity contribution in [3.8, 4) is 11.6 Å². The molecule has 0 aliphatic carbocycles. The Kier molecular flexibility index (Phi) is 3.00. The Morgan fingerprint density at radius 3 is 3.00 bits per heavy atom. The first kappa shape index (κ1) is 10.8. The van der Waals surface area contributed by atoms with Gasteiger partial charge in [-0.25, -0.2) is 0 Å². The lowest BCUT2D eigenvalue weighted by molar-refractivity contribution is 0.153. The third kappa shape index (κ3) is 1.96. The van der Waals surface area contributed by atoms with Crippen molar-refractivity contribution in [2.75, 3.05) is 0 Å². The van der Waals surface area contributed by atoms with Gasteiger partial charge in [0.2, 0.25) is 5.82 Å². The predicted octanol–water partition coefficient (Wildman–Crippen LogP) is 1.30. The van der Waals surface area contributed by atoms with Crippen LogP contribution in [0.1, 0.15) is 31.7 Å². The molecular formula is C10H14N4O2. The van der Waals surface area contributed by atoms with Crippen LogP contribution in [0.5, 0.6) is 0 Å². The number of aliphatic hydroxyl groups excluding tert-OH is 1. The molecule has 86 valence electrons. The number of hydrogen-bond acceptors (Lipinski definition) is 5. The number of aliphatic hydroxyl groups is 1. The Labute approximate surface area is 92.9 Å². The molecule has 0 aliphatic rings. The van der Waals surface area contributed by atoms with E-state index < -0.39 is 6.10 Å². The molecule has 6 heteroatoms. The summed E-state index contributed by atoms with van der Waals surface area (Å²) in [6.45, 7) is 1.99. The van der Waals surface area contributed by atoms with Crippen LogP contribution in [0, 0.1) is 0 Å². The van der Waals surface area contributed by atoms with Crippen LogP contribution in [-0.4, -0.2) is 25.0 Å². The van der Waals surface area contributed by atoms with Gasteiger partial charge >= 0.3 is 0 Å². The van der Waals surface area contributed by atoms with Gasteiger partial charge in [0.15, 0.2) is 0 Å². The van der Waals surface area contributed by atoms with E-state index in [4.69, 9.17) is 4.52 Å². The summed E-state index contributed by atoms with van der Waals surface area (Å²) in [4.78, 5) is 4.14. The van der Waals surface area contributed by atoms with E-state index in [2.05, 4.69) is 15.2 Å². The summed E-state index contributed by atoms with van der Waals surface area (Å²) in [6, 6.07) is 1.78. The smallest absolute Gasteiger partial charge is 0.276 e. The van der Waals surface area contributed by atoms with E-state index in [1.54, 1.807) is 24.0 Å². The molecule has 0 saturated heterocycles. The average Bonchev–Trinajstić information content (AvgIpc) is 2.86. The Hall–Kier alpha value is -1.69. The van der Waals surface area contributed by atoms with Gasteiger partial charge in [0.1, 0.15) is 11.8 Å². The molecule has 1 N–H and O–H groups in total. The van der Waals surface area contributed by atoms with Crippen LogP contribution in [0.3, 0.4) is 0 Å². The standard InChI is InChI=1S/C10H14N4O2/c1-3-4-8(15)9-12-10(16-13-9)7-5-6-11-14(7)2/h5-6,8,15H,3-4H2,1-2H3. The molecule has 2 rings (SSSR count). The molecule has 0 radical (unpaired) electrons. The van der Waals surface area contributed by atoms with Gasteiger partial charge in [-0.15, -0.1) is 0 Å². The molecule has 6 nitrogen and oxygen atoms in total. The van der Waals surface area contributed by atoms with E-state index in [9.17, 15) is 5.11 Å². The lowest BCUT2D eigenvalue weighted by Gasteiger charge is -2.01. The number of nitrogens with zero attached hydrogens (tertiary/aromatic N) is 4. The van der Waals surface area contributed by atoms with E-state index in [1.165, 1.54) is 0 Å². The molecule has 0 aromatic carbocycles. The highest BCUT2D eigenvalue weighted by Gasteiger charge is 2.17. The first-order valence-corrected chi connectivity index (χ1v) is 5.22. The summed E-state index contributed by atoms with van der Waals surface area (Å²) in [5.41, 5.74) is 0.738. The third-order valence-electron chi connectivity index (χ3n) is 2.34. The molecule has 0 amide bonds. The Balaban J connectivity index is 2.23. The molecule has 2 heterocycles. The maximum atomic E-state index is 9.69. The van der Waals surface area contributed by atoms with Crippen LogP contribution in [0.25, 0.3) is 11.6 Å². The highest BCUT2D eigenvalue weighted by Crippen LogP contribution is 2.20. The van der Waals surface area contributed by atoms with Crippen LogP contribution in [0.4, 0.5) is 0 Å². The van der Waals surface area contributed by atoms with Crippen molar-refractivity contribution in [1.29, 1.82) is 0 Å². The average molecular weight is 222 g/mol. The van der Waals surface area contributed by atoms with Crippen LogP contribution < -0.4 is 0 Å². The molecule has 2 aromatic rings. The monoisotopic (exact) mass is 222 g/mol. The SMILES string of the molecule is CCCC(O)c1noc(-c2ccnn2C)n1. The summed E-state index contributed by atoms with van der Waals surface area (Å²) >= 11 is 0. The lowest BCUT2D eigenvalue weighted by Crippen LogP contribution is -1.99. The lowest BCUT2D eigenvalue weighted by atomic mass is 10.2. The minimum Gasteiger partial charge on any atom is -0.385 e. The molecule has 16 heavy (non-hydrogen) atoms. The molecule has 0 aliphatic heterocycles. The molecule has 0 fully saturated rings. The van der Waals surface area contributed by atoms with Gasteiger partial charge in [0.25, 0.3) is 5.89 Å². The van der Waals surface area contributed by atoms with Gasteiger partial charge in [-0.05, 0) is 12.5 Å². The molecule has 1 atom stereocenters. The summed E-state index contributed by atoms with van der Waals surface area (Å²) in [6.07, 6.45) is 2.50. The Morgan fingerprint density at radius 2 is 2.38 bits per heavy atom. The fraction of sp³-hybridized carbons (Fsp3) is 0.500. The van der Waals surface area contributed by atoms with E-state index in [0.29, 0.717) is 18.1 Å². The van der Waals surface area contributed by atoms with Crippen molar-refractivity contribution >= 4 is 0 Å². The normalized spacial score (nSPS) is 12.9. The van der Waals surface area contributed by atoms with Crippen molar-refractivity contribution in [2.24, 2.45) is 7.05 Å². The molecule has 1 unspecified atom stereocenters. The first-order valence-electron chi connectivity index (χ1n) is 5.22. The van der Waals surface area contributed by atoms with Crippen LogP contribution in [0.15, 0.2) is 16.8 Å². The molecule has 2 aromatic heterocycles. The molecule has 0 spiro atoms. The zero-order valence-electron chi connectivity index (χ0n) is 9.29. The maximum absolute atomic E-state index is 9.69. The van der Waals surface area contributed by atoms with E-state index in [0.717, 1.165) is 12.1 Å². The van der Waals surface area contributed by atoms with Crippen LogP contribution in [-0.2, 0) is 7.05 Å². The van der Waals surface area contributed by atoms with Crippen LogP contribution in [0.2, 0.25) is 0 Å². The Bertz CT molecular complexity index is 463. The fourth-order valence-electron chi connectivity index (χ4n) is 1.46. The maximum Gasteiger partial charge on any atom is 0.276 e. The van der Waals surface area contributed by atoms with Crippen molar-refractivity contribution in [2.45, 2.75) is 25.9 Å². The topological polar surface area (TPSA) is 77.0 Å². The van der Waals surface area contributed by atoms with Gasteiger partial charge in [0, 0.05) is 13.2 Å². The fourth-order valence-corrected chi connectivity index (χ4v) is 1.46. The summed E-state index contributed by atoms with van der Waals surface area (Å²) in [7, 11) is 1.79. The van der Waals surface area contributed by atoms with Crippen molar-refractivity contribution < 1.29 is 9.63 Å². The minimum atomic E-state index is -0.657. The highest BCUT2D eigenvalue weighted by atomic mass is 16.5. The molecular weight excluding hydrogens is 208 g/mol. The van der Waals surface area contributed by atoms with Gasteiger partial charge in [-0.3, -0.25) is 4.68 Å². The summed E-state index contributed by atoms with van der Waals surface area (Å²) in [5.74, 6) is 0.711. The Morgan fingerprint density at radius 1 is 1.56 bits per heavy atom. The quantitative estimate of drug-likeness (QED) is 0.843. The number of hydrogen-bond donors (Lipinski definition) is 1. The zero-order chi connectivity index (χ0) is 11.5. The third-order valence-corrected chi connectivity index (χ3v) is 2.34. The van der Waals surface area contributed by atoms with E-state index in [1.807, 2.05) is 6.92 Å². The molecule has 0 saturated carbocycles. The second-order valence-electron chi connectivity index (χ2n) is 3.60. The van der Waals surface area contributed by atoms with Gasteiger partial charge in [0.05, 0.1) is 0 Å². The van der Waals surface area contributed by atoms with Crippen LogP contribution >= 0.6 is 0 Å². The predicted molar refractivity (Wildman–Crippen MR) is 56.4 cm³/mol. The largest absolute Gasteiger partial charge is 0.385 e. The van der Waals surface area contributed by atoms with Gasteiger partial charge < -0.3 is 9.63 Å². The first-order chi connectivity index (χ1) is 7.72. The minimum absolute atomic E-state index is 0.332. The summed E-state index contributed by atoms with van der Waals surface area (Å²) in [5, 5.41) is 17.5. The van der Waals surface area contributed by atoms with Crippen molar-refractivity contribution in [3.63, 3.8) is 0 Å². The second-order valence-corrected chi connectivity index (χ2v) is 3.60. The zero-order valence-corrected chi connectivity index (χ0v) is 9.29. The number of aromatic nitrogens is 4. The molecule has 0 bridgehead atoms. The van der Waals surface area contributed by atoms with Gasteiger partial charge in [-0.1, -0.05) is 18.5 Å².